The van der Waals surface area contributed by atoms with E-state index in [9.17, 15) is 19.0 Å². The quantitative estimate of drug-likeness (QED) is 0.0205. The van der Waals surface area contributed by atoms with Gasteiger partial charge in [-0.15, -0.1) is 0 Å². The number of nitrogens with zero attached hydrogens (tertiary/aromatic N) is 1. The van der Waals surface area contributed by atoms with Crippen LogP contribution in [0.2, 0.25) is 0 Å². The van der Waals surface area contributed by atoms with Crippen molar-refractivity contribution >= 4 is 19.7 Å². The number of esters is 1. The van der Waals surface area contributed by atoms with Crippen LogP contribution in [-0.2, 0) is 27.9 Å². The summed E-state index contributed by atoms with van der Waals surface area (Å²) in [7, 11) is 1.47. The summed E-state index contributed by atoms with van der Waals surface area (Å²) < 4.78 is 30.6. The second-order valence-corrected chi connectivity index (χ2v) is 21.5. The lowest BCUT2D eigenvalue weighted by atomic mass is 10.0. The van der Waals surface area contributed by atoms with Gasteiger partial charge in [-0.25, -0.2) is 4.57 Å². The van der Waals surface area contributed by atoms with E-state index in [4.69, 9.17) is 13.8 Å². The predicted molar refractivity (Wildman–Crippen MR) is 295 cm³/mol. The van der Waals surface area contributed by atoms with Crippen LogP contribution in [0.15, 0.2) is 72.9 Å². The highest BCUT2D eigenvalue weighted by Crippen LogP contribution is 2.43. The zero-order valence-electron chi connectivity index (χ0n) is 45.5. The number of phosphoric acid groups is 1. The number of phosphoric ester groups is 1. The first-order valence-corrected chi connectivity index (χ1v) is 29.8. The molecule has 10 heteroatoms. The van der Waals surface area contributed by atoms with Crippen LogP contribution in [0.1, 0.15) is 239 Å². The Morgan fingerprint density at radius 1 is 0.522 bits per heavy atom. The summed E-state index contributed by atoms with van der Waals surface area (Å²) in [5, 5.41) is 3.03. The fourth-order valence-corrected chi connectivity index (χ4v) is 8.48. The van der Waals surface area contributed by atoms with Crippen molar-refractivity contribution in [3.05, 3.63) is 72.9 Å². The zero-order chi connectivity index (χ0) is 50.8. The van der Waals surface area contributed by atoms with E-state index in [1.54, 1.807) is 0 Å². The molecule has 0 heterocycles. The van der Waals surface area contributed by atoms with Crippen LogP contribution in [-0.4, -0.2) is 74.3 Å². The average molecular weight is 988 g/mol. The van der Waals surface area contributed by atoms with Crippen LogP contribution in [0.3, 0.4) is 0 Å². The molecule has 3 atom stereocenters. The second-order valence-electron chi connectivity index (χ2n) is 20.1. The van der Waals surface area contributed by atoms with Gasteiger partial charge < -0.3 is 19.4 Å². The molecule has 0 bridgehead atoms. The van der Waals surface area contributed by atoms with E-state index >= 15 is 0 Å². The largest absolute Gasteiger partial charge is 0.472 e. The van der Waals surface area contributed by atoms with Crippen molar-refractivity contribution in [3.8, 4) is 0 Å². The number of unbranched alkanes of at least 4 members (excludes halogenated alkanes) is 24. The maximum Gasteiger partial charge on any atom is 0.472 e. The highest BCUT2D eigenvalue weighted by molar-refractivity contribution is 7.47. The van der Waals surface area contributed by atoms with Gasteiger partial charge in [0.15, 0.2) is 0 Å². The Balaban J connectivity index is 5.41. The number of allylic oxidation sites excluding steroid dienone is 11. The van der Waals surface area contributed by atoms with Gasteiger partial charge in [-0.05, 0) is 96.0 Å². The molecular weight excluding hydrogens is 880 g/mol. The number of likely N-dealkylation sites (N-methyl/N-ethyl adjacent to an activating group) is 1. The van der Waals surface area contributed by atoms with Crippen molar-refractivity contribution in [3.63, 3.8) is 0 Å². The molecule has 0 saturated carbocycles. The minimum atomic E-state index is -4.45. The third kappa shape index (κ3) is 50.2. The molecule has 0 aliphatic carbocycles. The first-order chi connectivity index (χ1) is 33.4. The number of nitrogens with one attached hydrogen (secondary N) is 1. The van der Waals surface area contributed by atoms with Gasteiger partial charge in [0.1, 0.15) is 19.3 Å². The number of carbonyl (C=O) groups excluding carboxylic acids is 2. The highest BCUT2D eigenvalue weighted by Gasteiger charge is 2.30. The molecule has 0 aliphatic heterocycles. The number of carbonyl (C=O) groups is 2. The minimum absolute atomic E-state index is 0.0322. The molecule has 0 spiro atoms. The van der Waals surface area contributed by atoms with Gasteiger partial charge in [-0.1, -0.05) is 203 Å². The Bertz CT molecular complexity index is 1420. The first kappa shape index (κ1) is 66.5. The molecule has 0 aromatic heterocycles. The van der Waals surface area contributed by atoms with Gasteiger partial charge in [0.25, 0.3) is 0 Å². The summed E-state index contributed by atoms with van der Waals surface area (Å²) in [6.07, 6.45) is 61.8. The number of hydrogen-bond acceptors (Lipinski definition) is 6. The standard InChI is InChI=1S/C59H107N2O7P/c1-7-10-13-16-19-22-25-28-30-31-32-34-37-40-43-46-49-52-59(63)68-57(50-47-44-41-38-35-27-24-21-18-15-12-9-3)56(55-67-69(64,65)66-54-53-61(4,5)6)60-58(62)51-48-45-42-39-36-33-29-26-23-20-17-14-11-8-2/h11,14,19-20,22-23,28,30,32,34,47,50,56-57H,7-10,12-13,15-18,21,24-27,29,31,33,35-46,48-49,51-55H2,1-6H3,(H-,60,62,64,65)/p+1/b14-11+,22-19-,23-20+,30-28-,34-32-,50-47+. The van der Waals surface area contributed by atoms with E-state index in [1.807, 2.05) is 33.3 Å². The molecule has 0 saturated heterocycles. The Labute approximate surface area is 425 Å². The second kappa shape index (κ2) is 49.0. The third-order valence-corrected chi connectivity index (χ3v) is 13.1. The van der Waals surface area contributed by atoms with Gasteiger partial charge >= 0.3 is 13.8 Å². The highest BCUT2D eigenvalue weighted by atomic mass is 31.2. The fraction of sp³-hybridized carbons (Fsp3) is 0.763. The van der Waals surface area contributed by atoms with Gasteiger partial charge in [0.05, 0.1) is 33.8 Å². The molecule has 69 heavy (non-hydrogen) atoms. The lowest BCUT2D eigenvalue weighted by molar-refractivity contribution is -0.870. The van der Waals surface area contributed by atoms with Gasteiger partial charge in [-0.3, -0.25) is 18.6 Å². The van der Waals surface area contributed by atoms with E-state index in [2.05, 4.69) is 86.8 Å². The van der Waals surface area contributed by atoms with E-state index in [0.717, 1.165) is 103 Å². The van der Waals surface area contributed by atoms with E-state index in [0.29, 0.717) is 23.9 Å². The minimum Gasteiger partial charge on any atom is -0.456 e. The van der Waals surface area contributed by atoms with Crippen LogP contribution in [0, 0.1) is 0 Å². The maximum absolute atomic E-state index is 13.5. The van der Waals surface area contributed by atoms with Crippen molar-refractivity contribution in [2.45, 2.75) is 251 Å². The number of amides is 1. The Kier molecular flexibility index (Phi) is 47.2. The zero-order valence-corrected chi connectivity index (χ0v) is 46.4. The predicted octanol–water partition coefficient (Wildman–Crippen LogP) is 16.9. The smallest absolute Gasteiger partial charge is 0.456 e. The molecule has 3 unspecified atom stereocenters. The molecule has 9 nitrogen and oxygen atoms in total. The van der Waals surface area contributed by atoms with Crippen molar-refractivity contribution in [1.29, 1.82) is 0 Å². The topological polar surface area (TPSA) is 111 Å². The molecule has 2 N–H and O–H groups in total. The fourth-order valence-electron chi connectivity index (χ4n) is 7.75. The maximum atomic E-state index is 13.5. The number of quaternary nitrogens is 1. The van der Waals surface area contributed by atoms with Gasteiger partial charge in [0, 0.05) is 12.8 Å². The van der Waals surface area contributed by atoms with Crippen molar-refractivity contribution < 1.29 is 37.3 Å². The molecule has 1 amide bonds. The van der Waals surface area contributed by atoms with Gasteiger partial charge in [0.2, 0.25) is 5.91 Å². The SMILES string of the molecule is CC/C=C/C/C=C/CCCCCCCCCC(=O)NC(COP(=O)(O)OCC[N+](C)(C)C)C(/C=C/CCCCCCCCCCCC)OC(=O)CCCCCC/C=C\C/C=C\C/C=C\CCCCC. The molecule has 0 rings (SSSR count). The summed E-state index contributed by atoms with van der Waals surface area (Å²) in [6, 6.07) is -0.863. The van der Waals surface area contributed by atoms with Crippen molar-refractivity contribution in [1.82, 2.24) is 5.32 Å². The normalized spacial score (nSPS) is 14.4. The van der Waals surface area contributed by atoms with E-state index in [-0.39, 0.29) is 31.5 Å². The van der Waals surface area contributed by atoms with Gasteiger partial charge in [-0.2, -0.15) is 0 Å². The summed E-state index contributed by atoms with van der Waals surface area (Å²) in [5.74, 6) is -0.542. The monoisotopic (exact) mass is 988 g/mol. The van der Waals surface area contributed by atoms with Crippen LogP contribution >= 0.6 is 7.82 Å². The van der Waals surface area contributed by atoms with E-state index in [1.165, 1.54) is 96.3 Å². The number of hydrogen-bond donors (Lipinski definition) is 2. The van der Waals surface area contributed by atoms with Crippen molar-refractivity contribution in [2.75, 3.05) is 40.9 Å². The molecule has 0 radical (unpaired) electrons. The Hall–Kier alpha value is -2.55. The molecule has 0 aromatic rings. The molecule has 0 fully saturated rings. The number of ether oxygens (including phenoxy) is 1. The lowest BCUT2D eigenvalue weighted by Gasteiger charge is -2.27. The number of rotatable bonds is 50. The Morgan fingerprint density at radius 3 is 1.42 bits per heavy atom. The third-order valence-electron chi connectivity index (χ3n) is 12.1. The van der Waals surface area contributed by atoms with Crippen LogP contribution in [0.5, 0.6) is 0 Å². The van der Waals surface area contributed by atoms with Crippen molar-refractivity contribution in [2.24, 2.45) is 0 Å². The molecule has 0 aromatic carbocycles. The lowest BCUT2D eigenvalue weighted by Crippen LogP contribution is -2.47. The molecule has 0 aliphatic rings. The molecule has 400 valence electrons. The summed E-state index contributed by atoms with van der Waals surface area (Å²) >= 11 is 0. The van der Waals surface area contributed by atoms with Crippen LogP contribution in [0.25, 0.3) is 0 Å². The van der Waals surface area contributed by atoms with E-state index < -0.39 is 20.0 Å². The first-order valence-electron chi connectivity index (χ1n) is 28.3. The molecular formula is C59H108N2O7P+. The average Bonchev–Trinajstić information content (AvgIpc) is 3.31. The van der Waals surface area contributed by atoms with Crippen LogP contribution in [0.4, 0.5) is 0 Å². The Morgan fingerprint density at radius 2 is 0.928 bits per heavy atom. The van der Waals surface area contributed by atoms with Crippen LogP contribution < -0.4 is 5.32 Å². The summed E-state index contributed by atoms with van der Waals surface area (Å²) in [5.41, 5.74) is 0. The summed E-state index contributed by atoms with van der Waals surface area (Å²) in [4.78, 5) is 37.5. The summed E-state index contributed by atoms with van der Waals surface area (Å²) in [6.45, 7) is 6.84.